The Balaban J connectivity index is 2.96. The highest BCUT2D eigenvalue weighted by atomic mass is 28.3. The van der Waals surface area contributed by atoms with Crippen LogP contribution in [0.1, 0.15) is 25.3 Å². The first-order chi connectivity index (χ1) is 6.66. The molecular formula is C12H20OSi. The van der Waals surface area contributed by atoms with Gasteiger partial charge in [0.25, 0.3) is 0 Å². The Labute approximate surface area is 88.4 Å². The molecule has 0 saturated carbocycles. The van der Waals surface area contributed by atoms with Gasteiger partial charge in [-0.15, -0.1) is 0 Å². The van der Waals surface area contributed by atoms with Crippen LogP contribution in [0.25, 0.3) is 0 Å². The molecule has 0 heterocycles. The van der Waals surface area contributed by atoms with E-state index in [2.05, 4.69) is 26.1 Å². The summed E-state index contributed by atoms with van der Waals surface area (Å²) in [5, 5.41) is 11.1. The maximum atomic E-state index is 9.80. The fourth-order valence-corrected chi connectivity index (χ4v) is 3.52. The van der Waals surface area contributed by atoms with E-state index in [1.54, 1.807) is 0 Å². The minimum atomic E-state index is -0.900. The van der Waals surface area contributed by atoms with Gasteiger partial charge >= 0.3 is 0 Å². The highest BCUT2D eigenvalue weighted by Crippen LogP contribution is 2.12. The fourth-order valence-electron chi connectivity index (χ4n) is 1.85. The van der Waals surface area contributed by atoms with E-state index in [4.69, 9.17) is 0 Å². The van der Waals surface area contributed by atoms with Gasteiger partial charge in [0.05, 0.1) is 8.80 Å². The van der Waals surface area contributed by atoms with Crippen molar-refractivity contribution in [3.63, 3.8) is 0 Å². The number of benzene rings is 1. The molecular weight excluding hydrogens is 188 g/mol. The first-order valence-electron chi connectivity index (χ1n) is 5.47. The van der Waals surface area contributed by atoms with Gasteiger partial charge in [-0.1, -0.05) is 38.6 Å². The highest BCUT2D eigenvalue weighted by molar-refractivity contribution is 6.72. The van der Waals surface area contributed by atoms with Gasteiger partial charge in [0.2, 0.25) is 0 Å². The van der Waals surface area contributed by atoms with Gasteiger partial charge in [-0.05, 0) is 29.7 Å². The molecule has 0 atom stereocenters. The van der Waals surface area contributed by atoms with Crippen molar-refractivity contribution in [2.45, 2.75) is 39.3 Å². The molecule has 0 aromatic heterocycles. The standard InChI is InChI=1S/C12H20OSi/c1-4-5-7-10-8-6-9-11(13)12(10)14(2)3/h6,8-9,13-14H,4-5,7H2,1-3H3. The molecule has 0 fully saturated rings. The first-order valence-corrected chi connectivity index (χ1v) is 8.36. The van der Waals surface area contributed by atoms with Crippen LogP contribution in [0.2, 0.25) is 13.1 Å². The van der Waals surface area contributed by atoms with Crippen LogP contribution in [0.5, 0.6) is 5.75 Å². The Hall–Kier alpha value is -0.763. The molecule has 14 heavy (non-hydrogen) atoms. The molecule has 1 rings (SSSR count). The third-order valence-electron chi connectivity index (χ3n) is 2.55. The summed E-state index contributed by atoms with van der Waals surface area (Å²) in [6, 6.07) is 5.94. The zero-order chi connectivity index (χ0) is 10.6. The number of phenols is 1. The highest BCUT2D eigenvalue weighted by Gasteiger charge is 2.11. The lowest BCUT2D eigenvalue weighted by Gasteiger charge is -2.13. The molecule has 0 unspecified atom stereocenters. The number of aromatic hydroxyl groups is 1. The molecule has 78 valence electrons. The molecule has 1 aromatic rings. The predicted molar refractivity (Wildman–Crippen MR) is 65.2 cm³/mol. The van der Waals surface area contributed by atoms with Gasteiger partial charge in [-0.25, -0.2) is 0 Å². The molecule has 0 aliphatic heterocycles. The summed E-state index contributed by atoms with van der Waals surface area (Å²) in [5.74, 6) is 0.514. The Morgan fingerprint density at radius 2 is 2.00 bits per heavy atom. The maximum absolute atomic E-state index is 9.80. The molecule has 0 spiro atoms. The SMILES string of the molecule is CCCCc1cccc(O)c1[SiH](C)C. The van der Waals surface area contributed by atoms with Crippen LogP contribution in [0, 0.1) is 0 Å². The lowest BCUT2D eigenvalue weighted by Crippen LogP contribution is -2.27. The smallest absolute Gasteiger partial charge is 0.114 e. The van der Waals surface area contributed by atoms with E-state index < -0.39 is 8.80 Å². The molecule has 1 N–H and O–H groups in total. The molecule has 0 radical (unpaired) electrons. The predicted octanol–water partition coefficient (Wildman–Crippen LogP) is 2.43. The van der Waals surface area contributed by atoms with Gasteiger partial charge in [-0.3, -0.25) is 0 Å². The van der Waals surface area contributed by atoms with Gasteiger partial charge in [0, 0.05) is 0 Å². The van der Waals surface area contributed by atoms with E-state index in [0.29, 0.717) is 5.75 Å². The number of hydrogen-bond donors (Lipinski definition) is 1. The summed E-state index contributed by atoms with van der Waals surface area (Å²) in [7, 11) is -0.900. The van der Waals surface area contributed by atoms with Crippen LogP contribution in [-0.2, 0) is 6.42 Å². The number of rotatable bonds is 4. The van der Waals surface area contributed by atoms with E-state index in [1.165, 1.54) is 23.6 Å². The molecule has 1 aromatic carbocycles. The van der Waals surface area contributed by atoms with Gasteiger partial charge in [-0.2, -0.15) is 0 Å². The van der Waals surface area contributed by atoms with Gasteiger partial charge in [0.1, 0.15) is 5.75 Å². The average Bonchev–Trinajstić information content (AvgIpc) is 2.14. The van der Waals surface area contributed by atoms with Crippen molar-refractivity contribution in [3.8, 4) is 5.75 Å². The minimum Gasteiger partial charge on any atom is -0.508 e. The Morgan fingerprint density at radius 1 is 1.29 bits per heavy atom. The number of aryl methyl sites for hydroxylation is 1. The summed E-state index contributed by atoms with van der Waals surface area (Å²) < 4.78 is 0. The van der Waals surface area contributed by atoms with E-state index in [-0.39, 0.29) is 0 Å². The van der Waals surface area contributed by atoms with E-state index in [0.717, 1.165) is 6.42 Å². The van der Waals surface area contributed by atoms with Gasteiger partial charge < -0.3 is 5.11 Å². The number of phenolic OH excluding ortho intramolecular Hbond substituents is 1. The van der Waals surface area contributed by atoms with Gasteiger partial charge in [0.15, 0.2) is 0 Å². The third kappa shape index (κ3) is 2.61. The lowest BCUT2D eigenvalue weighted by molar-refractivity contribution is 0.478. The van der Waals surface area contributed by atoms with Crippen molar-refractivity contribution >= 4 is 14.0 Å². The van der Waals surface area contributed by atoms with Crippen LogP contribution < -0.4 is 5.19 Å². The zero-order valence-electron chi connectivity index (χ0n) is 9.38. The van der Waals surface area contributed by atoms with Crippen molar-refractivity contribution in [1.29, 1.82) is 0 Å². The van der Waals surface area contributed by atoms with Crippen molar-refractivity contribution in [2.75, 3.05) is 0 Å². The summed E-state index contributed by atoms with van der Waals surface area (Å²) in [5.41, 5.74) is 1.37. The van der Waals surface area contributed by atoms with Crippen molar-refractivity contribution in [2.24, 2.45) is 0 Å². The first kappa shape index (κ1) is 11.3. The second-order valence-electron chi connectivity index (χ2n) is 4.11. The molecule has 0 aliphatic rings. The lowest BCUT2D eigenvalue weighted by atomic mass is 10.1. The normalized spacial score (nSPS) is 10.9. The molecule has 0 saturated heterocycles. The number of unbranched alkanes of at least 4 members (excludes halogenated alkanes) is 1. The minimum absolute atomic E-state index is 0.514. The molecule has 0 amide bonds. The van der Waals surface area contributed by atoms with E-state index in [9.17, 15) is 5.11 Å². The fraction of sp³-hybridized carbons (Fsp3) is 0.500. The van der Waals surface area contributed by atoms with Crippen molar-refractivity contribution in [1.82, 2.24) is 0 Å². The van der Waals surface area contributed by atoms with Crippen LogP contribution in [0.15, 0.2) is 18.2 Å². The third-order valence-corrected chi connectivity index (χ3v) is 4.37. The quantitative estimate of drug-likeness (QED) is 0.754. The molecule has 0 bridgehead atoms. The second-order valence-corrected chi connectivity index (χ2v) is 6.99. The topological polar surface area (TPSA) is 20.2 Å². The summed E-state index contributed by atoms with van der Waals surface area (Å²) in [6.07, 6.45) is 3.55. The second kappa shape index (κ2) is 5.20. The summed E-state index contributed by atoms with van der Waals surface area (Å²) >= 11 is 0. The molecule has 2 heteroatoms. The van der Waals surface area contributed by atoms with Crippen LogP contribution in [-0.4, -0.2) is 13.9 Å². The molecule has 0 aliphatic carbocycles. The number of hydrogen-bond acceptors (Lipinski definition) is 1. The van der Waals surface area contributed by atoms with E-state index in [1.807, 2.05) is 12.1 Å². The maximum Gasteiger partial charge on any atom is 0.114 e. The van der Waals surface area contributed by atoms with Crippen LogP contribution >= 0.6 is 0 Å². The summed E-state index contributed by atoms with van der Waals surface area (Å²) in [6.45, 7) is 6.74. The van der Waals surface area contributed by atoms with Crippen LogP contribution in [0.3, 0.4) is 0 Å². The van der Waals surface area contributed by atoms with Crippen molar-refractivity contribution < 1.29 is 5.11 Å². The Kier molecular flexibility index (Phi) is 4.20. The summed E-state index contributed by atoms with van der Waals surface area (Å²) in [4.78, 5) is 0. The van der Waals surface area contributed by atoms with Crippen LogP contribution in [0.4, 0.5) is 0 Å². The van der Waals surface area contributed by atoms with E-state index >= 15 is 0 Å². The molecule has 1 nitrogen and oxygen atoms in total. The monoisotopic (exact) mass is 208 g/mol. The zero-order valence-corrected chi connectivity index (χ0v) is 10.5. The Bertz CT molecular complexity index is 294. The largest absolute Gasteiger partial charge is 0.508 e. The Morgan fingerprint density at radius 3 is 2.57 bits per heavy atom. The van der Waals surface area contributed by atoms with Crippen molar-refractivity contribution in [3.05, 3.63) is 23.8 Å². The average molecular weight is 208 g/mol.